The molecule has 0 fully saturated rings. The molecule has 1 aliphatic carbocycles. The van der Waals surface area contributed by atoms with Gasteiger partial charge in [0.2, 0.25) is 0 Å². The third-order valence-electron chi connectivity index (χ3n) is 5.87. The summed E-state index contributed by atoms with van der Waals surface area (Å²) in [6, 6.07) is 26.3. The zero-order valence-corrected chi connectivity index (χ0v) is 18.4. The van der Waals surface area contributed by atoms with Gasteiger partial charge < -0.3 is 9.84 Å². The normalized spacial score (nSPS) is 17.4. The van der Waals surface area contributed by atoms with Crippen LogP contribution in [0.3, 0.4) is 0 Å². The molecule has 0 radical (unpaired) electrons. The van der Waals surface area contributed by atoms with Crippen LogP contribution in [0.25, 0.3) is 0 Å². The number of aliphatic hydroxyl groups is 1. The second-order valence-electron chi connectivity index (χ2n) is 7.84. The quantitative estimate of drug-likeness (QED) is 0.590. The van der Waals surface area contributed by atoms with Gasteiger partial charge in [0.1, 0.15) is 18.4 Å². The Hall–Kier alpha value is -2.84. The van der Waals surface area contributed by atoms with E-state index in [0.29, 0.717) is 17.9 Å². The zero-order chi connectivity index (χ0) is 20.9. The molecule has 0 aromatic heterocycles. The lowest BCUT2D eigenvalue weighted by molar-refractivity contribution is 0.0461. The fourth-order valence-corrected chi connectivity index (χ4v) is 4.27. The first-order valence-electron chi connectivity index (χ1n) is 10.3. The lowest BCUT2D eigenvalue weighted by atomic mass is 9.82. The van der Waals surface area contributed by atoms with Gasteiger partial charge in [-0.2, -0.15) is 5.26 Å². The zero-order valence-electron chi connectivity index (χ0n) is 17.6. The third-order valence-corrected chi connectivity index (χ3v) is 5.87. The second kappa shape index (κ2) is 10.5. The van der Waals surface area contributed by atoms with Crippen LogP contribution in [0.2, 0.25) is 0 Å². The number of aliphatic hydroxyl groups excluding tert-OH is 1. The summed E-state index contributed by atoms with van der Waals surface area (Å²) < 4.78 is 5.95. The Morgan fingerprint density at radius 1 is 1.00 bits per heavy atom. The molecule has 5 heteroatoms. The standard InChI is InChI=1S/C26H26N2O2.ClH/c1-28(17-19-8-4-2-5-9-19)24-14-12-21-22(26(24)29)13-15-25(23(21)16-27)30-18-20-10-6-3-7-11-20;/h2-11,13,15,24,26,29H,12,14,17-18H2,1H3;1H/t24-,26-;/m0./s1. The molecule has 31 heavy (non-hydrogen) atoms. The van der Waals surface area contributed by atoms with Crippen LogP contribution in [0.1, 0.15) is 40.3 Å². The topological polar surface area (TPSA) is 56.5 Å². The number of hydrogen-bond donors (Lipinski definition) is 1. The minimum atomic E-state index is -0.627. The monoisotopic (exact) mass is 434 g/mol. The van der Waals surface area contributed by atoms with Gasteiger partial charge >= 0.3 is 0 Å². The molecule has 0 unspecified atom stereocenters. The Balaban J connectivity index is 0.00000272. The second-order valence-corrected chi connectivity index (χ2v) is 7.84. The average Bonchev–Trinajstić information content (AvgIpc) is 2.78. The summed E-state index contributed by atoms with van der Waals surface area (Å²) in [7, 11) is 2.05. The van der Waals surface area contributed by atoms with Crippen molar-refractivity contribution in [3.8, 4) is 11.8 Å². The Labute approximate surface area is 190 Å². The molecular weight excluding hydrogens is 408 g/mol. The highest BCUT2D eigenvalue weighted by Crippen LogP contribution is 2.38. The van der Waals surface area contributed by atoms with Gasteiger partial charge in [-0.15, -0.1) is 12.4 Å². The molecule has 0 saturated carbocycles. The van der Waals surface area contributed by atoms with Crippen molar-refractivity contribution in [3.63, 3.8) is 0 Å². The minimum absolute atomic E-state index is 0. The minimum Gasteiger partial charge on any atom is -0.488 e. The van der Waals surface area contributed by atoms with E-state index in [4.69, 9.17) is 4.74 Å². The van der Waals surface area contributed by atoms with E-state index in [-0.39, 0.29) is 18.4 Å². The molecule has 0 amide bonds. The van der Waals surface area contributed by atoms with Gasteiger partial charge in [-0.3, -0.25) is 4.90 Å². The molecule has 160 valence electrons. The van der Waals surface area contributed by atoms with E-state index in [2.05, 4.69) is 30.1 Å². The van der Waals surface area contributed by atoms with Crippen molar-refractivity contribution in [3.05, 3.63) is 101 Å². The highest BCUT2D eigenvalue weighted by atomic mass is 35.5. The molecule has 3 aromatic rings. The largest absolute Gasteiger partial charge is 0.488 e. The fourth-order valence-electron chi connectivity index (χ4n) is 4.27. The van der Waals surface area contributed by atoms with Gasteiger partial charge in [-0.25, -0.2) is 0 Å². The van der Waals surface area contributed by atoms with Crippen LogP contribution < -0.4 is 4.74 Å². The van der Waals surface area contributed by atoms with Crippen molar-refractivity contribution in [2.24, 2.45) is 0 Å². The molecule has 4 nitrogen and oxygen atoms in total. The van der Waals surface area contributed by atoms with Gasteiger partial charge in [-0.05, 0) is 48.2 Å². The number of ether oxygens (including phenoxy) is 1. The third kappa shape index (κ3) is 5.08. The highest BCUT2D eigenvalue weighted by Gasteiger charge is 2.33. The molecule has 0 bridgehead atoms. The number of nitriles is 1. The number of hydrogen-bond acceptors (Lipinski definition) is 4. The Morgan fingerprint density at radius 2 is 1.65 bits per heavy atom. The molecular formula is C26H27ClN2O2. The number of nitrogens with zero attached hydrogens (tertiary/aromatic N) is 2. The van der Waals surface area contributed by atoms with E-state index in [1.165, 1.54) is 5.56 Å². The molecule has 0 saturated heterocycles. The molecule has 0 spiro atoms. The lowest BCUT2D eigenvalue weighted by Crippen LogP contribution is -2.39. The Bertz CT molecular complexity index is 1030. The van der Waals surface area contributed by atoms with Crippen molar-refractivity contribution >= 4 is 12.4 Å². The van der Waals surface area contributed by atoms with E-state index in [1.807, 2.05) is 60.7 Å². The number of likely N-dealkylation sites (N-methyl/N-ethyl adjacent to an activating group) is 1. The lowest BCUT2D eigenvalue weighted by Gasteiger charge is -2.37. The van der Waals surface area contributed by atoms with Gasteiger partial charge in [-0.1, -0.05) is 66.7 Å². The van der Waals surface area contributed by atoms with Crippen LogP contribution in [0.15, 0.2) is 72.8 Å². The predicted octanol–water partition coefficient (Wildman–Crippen LogP) is 5.04. The van der Waals surface area contributed by atoms with E-state index in [0.717, 1.165) is 36.1 Å². The maximum atomic E-state index is 11.1. The summed E-state index contributed by atoms with van der Waals surface area (Å²) >= 11 is 0. The van der Waals surface area contributed by atoms with Gasteiger partial charge in [0.05, 0.1) is 11.7 Å². The van der Waals surface area contributed by atoms with Crippen molar-refractivity contribution in [1.82, 2.24) is 4.90 Å². The first-order chi connectivity index (χ1) is 14.7. The summed E-state index contributed by atoms with van der Waals surface area (Å²) in [6.07, 6.45) is 0.924. The van der Waals surface area contributed by atoms with Crippen molar-refractivity contribution in [2.75, 3.05) is 7.05 Å². The Morgan fingerprint density at radius 3 is 2.29 bits per heavy atom. The molecule has 1 N–H and O–H groups in total. The van der Waals surface area contributed by atoms with Crippen LogP contribution >= 0.6 is 12.4 Å². The van der Waals surface area contributed by atoms with Crippen molar-refractivity contribution < 1.29 is 9.84 Å². The van der Waals surface area contributed by atoms with Crippen molar-refractivity contribution in [2.45, 2.75) is 38.1 Å². The number of benzene rings is 3. The molecule has 0 heterocycles. The van der Waals surface area contributed by atoms with Crippen LogP contribution in [0.5, 0.6) is 5.75 Å². The predicted molar refractivity (Wildman–Crippen MR) is 124 cm³/mol. The Kier molecular flexibility index (Phi) is 7.70. The van der Waals surface area contributed by atoms with Crippen LogP contribution in [-0.2, 0) is 19.6 Å². The molecule has 1 aliphatic rings. The first-order valence-corrected chi connectivity index (χ1v) is 10.3. The van der Waals surface area contributed by atoms with E-state index in [1.54, 1.807) is 0 Å². The number of rotatable bonds is 6. The number of fused-ring (bicyclic) bond motifs is 1. The van der Waals surface area contributed by atoms with Crippen molar-refractivity contribution in [1.29, 1.82) is 5.26 Å². The van der Waals surface area contributed by atoms with Crippen LogP contribution in [-0.4, -0.2) is 23.1 Å². The molecule has 3 aromatic carbocycles. The fraction of sp³-hybridized carbons (Fsp3) is 0.269. The van der Waals surface area contributed by atoms with Crippen LogP contribution in [0, 0.1) is 11.3 Å². The maximum absolute atomic E-state index is 11.1. The SMILES string of the molecule is CN(Cc1ccccc1)[C@H]1CCc2c(ccc(OCc3ccccc3)c2C#N)[C@@H]1O.Cl. The van der Waals surface area contributed by atoms with Crippen LogP contribution in [0.4, 0.5) is 0 Å². The summed E-state index contributed by atoms with van der Waals surface area (Å²) in [5.74, 6) is 0.586. The van der Waals surface area contributed by atoms with E-state index < -0.39 is 6.10 Å². The van der Waals surface area contributed by atoms with E-state index in [9.17, 15) is 10.4 Å². The summed E-state index contributed by atoms with van der Waals surface area (Å²) in [6.45, 7) is 1.20. The van der Waals surface area contributed by atoms with Gasteiger partial charge in [0.25, 0.3) is 0 Å². The maximum Gasteiger partial charge on any atom is 0.137 e. The molecule has 0 aliphatic heterocycles. The smallest absolute Gasteiger partial charge is 0.137 e. The number of halogens is 1. The highest BCUT2D eigenvalue weighted by molar-refractivity contribution is 5.85. The summed E-state index contributed by atoms with van der Waals surface area (Å²) in [5.41, 5.74) is 4.59. The first kappa shape index (κ1) is 22.8. The van der Waals surface area contributed by atoms with Gasteiger partial charge in [0, 0.05) is 12.6 Å². The average molecular weight is 435 g/mol. The molecule has 2 atom stereocenters. The molecule has 4 rings (SSSR count). The summed E-state index contributed by atoms with van der Waals surface area (Å²) in [5, 5.41) is 20.9. The summed E-state index contributed by atoms with van der Waals surface area (Å²) in [4.78, 5) is 2.20. The van der Waals surface area contributed by atoms with Gasteiger partial charge in [0.15, 0.2) is 0 Å². The van der Waals surface area contributed by atoms with E-state index >= 15 is 0 Å².